The molecule has 0 spiro atoms. The number of carbonyl (C=O) groups is 1. The van der Waals surface area contributed by atoms with E-state index in [0.29, 0.717) is 6.54 Å². The molecule has 0 aromatic carbocycles. The fraction of sp³-hybridized carbons (Fsp3) is 0.556. The summed E-state index contributed by atoms with van der Waals surface area (Å²) < 4.78 is 6.45. The number of aromatic nitrogens is 2. The number of methoxy groups -OCH3 is 1. The van der Waals surface area contributed by atoms with Crippen molar-refractivity contribution >= 4 is 5.91 Å². The van der Waals surface area contributed by atoms with Gasteiger partial charge in [0.25, 0.3) is 0 Å². The van der Waals surface area contributed by atoms with Crippen molar-refractivity contribution in [2.45, 2.75) is 12.6 Å². The van der Waals surface area contributed by atoms with Crippen LogP contribution in [-0.4, -0.2) is 35.4 Å². The summed E-state index contributed by atoms with van der Waals surface area (Å²) >= 11 is 0. The molecule has 0 radical (unpaired) electrons. The minimum atomic E-state index is -0.626. The maximum Gasteiger partial charge on any atom is 0.239 e. The van der Waals surface area contributed by atoms with Crippen LogP contribution in [-0.2, 0) is 23.1 Å². The average molecular weight is 212 g/mol. The molecule has 6 heteroatoms. The van der Waals surface area contributed by atoms with Gasteiger partial charge in [0.1, 0.15) is 6.04 Å². The van der Waals surface area contributed by atoms with Gasteiger partial charge in [-0.1, -0.05) is 0 Å². The lowest BCUT2D eigenvalue weighted by molar-refractivity contribution is -0.123. The van der Waals surface area contributed by atoms with E-state index in [1.165, 1.54) is 7.11 Å². The first-order valence-corrected chi connectivity index (χ1v) is 4.64. The van der Waals surface area contributed by atoms with E-state index in [2.05, 4.69) is 10.4 Å². The molecule has 15 heavy (non-hydrogen) atoms. The SMILES string of the molecule is COCC(N)C(=O)NCc1ccn(C)n1. The van der Waals surface area contributed by atoms with E-state index in [4.69, 9.17) is 10.5 Å². The van der Waals surface area contributed by atoms with Crippen molar-refractivity contribution in [3.8, 4) is 0 Å². The zero-order valence-electron chi connectivity index (χ0n) is 8.93. The Hall–Kier alpha value is -1.40. The van der Waals surface area contributed by atoms with Crippen molar-refractivity contribution < 1.29 is 9.53 Å². The molecule has 1 unspecified atom stereocenters. The summed E-state index contributed by atoms with van der Waals surface area (Å²) in [4.78, 5) is 11.4. The zero-order valence-corrected chi connectivity index (χ0v) is 8.93. The first-order valence-electron chi connectivity index (χ1n) is 4.64. The highest BCUT2D eigenvalue weighted by Crippen LogP contribution is 1.93. The van der Waals surface area contributed by atoms with Gasteiger partial charge >= 0.3 is 0 Å². The van der Waals surface area contributed by atoms with Gasteiger partial charge in [0.15, 0.2) is 0 Å². The van der Waals surface area contributed by atoms with Crippen LogP contribution in [0.15, 0.2) is 12.3 Å². The van der Waals surface area contributed by atoms with Gasteiger partial charge in [0.2, 0.25) is 5.91 Å². The first kappa shape index (κ1) is 11.7. The topological polar surface area (TPSA) is 82.2 Å². The van der Waals surface area contributed by atoms with Gasteiger partial charge in [-0.2, -0.15) is 5.10 Å². The molecular weight excluding hydrogens is 196 g/mol. The van der Waals surface area contributed by atoms with Crippen LogP contribution in [0.4, 0.5) is 0 Å². The molecule has 0 saturated carbocycles. The van der Waals surface area contributed by atoms with E-state index in [9.17, 15) is 4.79 Å². The smallest absolute Gasteiger partial charge is 0.239 e. The monoisotopic (exact) mass is 212 g/mol. The number of hydrogen-bond acceptors (Lipinski definition) is 4. The van der Waals surface area contributed by atoms with Gasteiger partial charge in [-0.05, 0) is 6.07 Å². The molecule has 0 bridgehead atoms. The molecule has 1 heterocycles. The Morgan fingerprint density at radius 3 is 3.07 bits per heavy atom. The fourth-order valence-electron chi connectivity index (χ4n) is 1.12. The molecule has 1 aromatic heterocycles. The highest BCUT2D eigenvalue weighted by atomic mass is 16.5. The van der Waals surface area contributed by atoms with Crippen LogP contribution in [0, 0.1) is 0 Å². The quantitative estimate of drug-likeness (QED) is 0.656. The number of carbonyl (C=O) groups excluding carboxylic acids is 1. The third kappa shape index (κ3) is 3.69. The van der Waals surface area contributed by atoms with Gasteiger partial charge in [-0.15, -0.1) is 0 Å². The number of nitrogens with zero attached hydrogens (tertiary/aromatic N) is 2. The van der Waals surface area contributed by atoms with Crippen molar-refractivity contribution in [2.75, 3.05) is 13.7 Å². The molecular formula is C9H16N4O2. The van der Waals surface area contributed by atoms with Crippen molar-refractivity contribution in [1.82, 2.24) is 15.1 Å². The van der Waals surface area contributed by atoms with Crippen LogP contribution >= 0.6 is 0 Å². The summed E-state index contributed by atoms with van der Waals surface area (Å²) in [5, 5.41) is 6.79. The number of ether oxygens (including phenoxy) is 1. The van der Waals surface area contributed by atoms with Gasteiger partial charge in [-0.25, -0.2) is 0 Å². The summed E-state index contributed by atoms with van der Waals surface area (Å²) in [6.45, 7) is 0.602. The van der Waals surface area contributed by atoms with Gasteiger partial charge in [-0.3, -0.25) is 9.48 Å². The largest absolute Gasteiger partial charge is 0.383 e. The second-order valence-electron chi connectivity index (χ2n) is 3.26. The predicted octanol–water partition coefficient (Wildman–Crippen LogP) is -0.990. The molecule has 1 amide bonds. The molecule has 84 valence electrons. The third-order valence-electron chi connectivity index (χ3n) is 1.90. The number of nitrogens with one attached hydrogen (secondary N) is 1. The summed E-state index contributed by atoms with van der Waals surface area (Å²) in [6, 6.07) is 1.21. The van der Waals surface area contributed by atoms with Crippen LogP contribution in [0.1, 0.15) is 5.69 Å². The Morgan fingerprint density at radius 1 is 1.80 bits per heavy atom. The van der Waals surface area contributed by atoms with Crippen LogP contribution < -0.4 is 11.1 Å². The lowest BCUT2D eigenvalue weighted by Crippen LogP contribution is -2.43. The molecule has 0 aliphatic carbocycles. The maximum atomic E-state index is 11.4. The van der Waals surface area contributed by atoms with Crippen LogP contribution in [0.2, 0.25) is 0 Å². The Bertz CT molecular complexity index is 324. The molecule has 1 atom stereocenters. The molecule has 0 fully saturated rings. The Kier molecular flexibility index (Phi) is 4.26. The van der Waals surface area contributed by atoms with E-state index < -0.39 is 6.04 Å². The summed E-state index contributed by atoms with van der Waals surface area (Å²) in [7, 11) is 3.33. The molecule has 0 aliphatic heterocycles. The lowest BCUT2D eigenvalue weighted by Gasteiger charge is -2.09. The highest BCUT2D eigenvalue weighted by molar-refractivity contribution is 5.81. The number of nitrogens with two attached hydrogens (primary N) is 1. The standard InChI is InChI=1S/C9H16N4O2/c1-13-4-3-7(12-13)5-11-9(14)8(10)6-15-2/h3-4,8H,5-6,10H2,1-2H3,(H,11,14). The van der Waals surface area contributed by atoms with E-state index >= 15 is 0 Å². The lowest BCUT2D eigenvalue weighted by atomic mass is 10.3. The van der Waals surface area contributed by atoms with E-state index in [-0.39, 0.29) is 12.5 Å². The van der Waals surface area contributed by atoms with Gasteiger partial charge in [0.05, 0.1) is 18.8 Å². The Morgan fingerprint density at radius 2 is 2.53 bits per heavy atom. The minimum absolute atomic E-state index is 0.216. The normalized spacial score (nSPS) is 12.5. The van der Waals surface area contributed by atoms with Crippen LogP contribution in [0.3, 0.4) is 0 Å². The van der Waals surface area contributed by atoms with E-state index in [1.807, 2.05) is 19.3 Å². The van der Waals surface area contributed by atoms with Crippen molar-refractivity contribution in [1.29, 1.82) is 0 Å². The van der Waals surface area contributed by atoms with E-state index in [0.717, 1.165) is 5.69 Å². The zero-order chi connectivity index (χ0) is 11.3. The highest BCUT2D eigenvalue weighted by Gasteiger charge is 2.12. The summed E-state index contributed by atoms with van der Waals surface area (Å²) in [6.07, 6.45) is 1.82. The van der Waals surface area contributed by atoms with Crippen LogP contribution in [0.5, 0.6) is 0 Å². The summed E-state index contributed by atoms with van der Waals surface area (Å²) in [5.74, 6) is -0.234. The third-order valence-corrected chi connectivity index (χ3v) is 1.90. The minimum Gasteiger partial charge on any atom is -0.383 e. The Labute approximate surface area is 88.4 Å². The maximum absolute atomic E-state index is 11.4. The first-order chi connectivity index (χ1) is 7.13. The second kappa shape index (κ2) is 5.47. The number of rotatable bonds is 5. The molecule has 1 aromatic rings. The number of hydrogen-bond donors (Lipinski definition) is 2. The molecule has 0 aliphatic rings. The summed E-state index contributed by atoms with van der Waals surface area (Å²) in [5.41, 5.74) is 6.34. The van der Waals surface area contributed by atoms with Gasteiger partial charge in [0, 0.05) is 20.4 Å². The number of aryl methyl sites for hydroxylation is 1. The molecule has 3 N–H and O–H groups in total. The Balaban J connectivity index is 2.34. The molecule has 6 nitrogen and oxygen atoms in total. The fourth-order valence-corrected chi connectivity index (χ4v) is 1.12. The predicted molar refractivity (Wildman–Crippen MR) is 54.9 cm³/mol. The second-order valence-corrected chi connectivity index (χ2v) is 3.26. The molecule has 0 saturated heterocycles. The average Bonchev–Trinajstić information content (AvgIpc) is 2.61. The van der Waals surface area contributed by atoms with Gasteiger partial charge < -0.3 is 15.8 Å². The van der Waals surface area contributed by atoms with E-state index in [1.54, 1.807) is 4.68 Å². The van der Waals surface area contributed by atoms with Crippen molar-refractivity contribution in [3.05, 3.63) is 18.0 Å². The van der Waals surface area contributed by atoms with Crippen molar-refractivity contribution in [3.63, 3.8) is 0 Å². The molecule has 1 rings (SSSR count). The number of amides is 1. The van der Waals surface area contributed by atoms with Crippen LogP contribution in [0.25, 0.3) is 0 Å². The van der Waals surface area contributed by atoms with Crippen molar-refractivity contribution in [2.24, 2.45) is 12.8 Å².